The maximum atomic E-state index is 12.0. The molecule has 0 saturated carbocycles. The summed E-state index contributed by atoms with van der Waals surface area (Å²) >= 11 is 0. The van der Waals surface area contributed by atoms with Crippen LogP contribution in [0, 0.1) is 11.8 Å². The SMILES string of the molecule is O=C(O)c1cccc(C#Cc2ccc(COc3cccnc3)cc2)c1-c1ccc2cc[nH]c2c1. The first-order valence-corrected chi connectivity index (χ1v) is 10.7. The van der Waals surface area contributed by atoms with E-state index >= 15 is 0 Å². The standard InChI is InChI=1S/C29H20N2O3/c32-29(33)26-5-1-3-23(28(26)24-13-12-22-14-16-31-27(22)17-24)11-10-20-6-8-21(9-7-20)19-34-25-4-2-15-30-18-25/h1-9,12-18,31H,19H2,(H,32,33). The van der Waals surface area contributed by atoms with Crippen LogP contribution in [0.25, 0.3) is 22.0 Å². The highest BCUT2D eigenvalue weighted by Crippen LogP contribution is 2.30. The third-order valence-corrected chi connectivity index (χ3v) is 5.47. The van der Waals surface area contributed by atoms with Crippen LogP contribution in [0.1, 0.15) is 27.0 Å². The number of H-pyrrole nitrogens is 1. The fourth-order valence-corrected chi connectivity index (χ4v) is 3.77. The zero-order valence-electron chi connectivity index (χ0n) is 18.2. The Labute approximate surface area is 196 Å². The molecule has 0 saturated heterocycles. The number of carbonyl (C=O) groups is 1. The van der Waals surface area contributed by atoms with Crippen molar-refractivity contribution in [1.29, 1.82) is 0 Å². The smallest absolute Gasteiger partial charge is 0.336 e. The van der Waals surface area contributed by atoms with Crippen molar-refractivity contribution in [1.82, 2.24) is 9.97 Å². The van der Waals surface area contributed by atoms with Gasteiger partial charge in [0.2, 0.25) is 0 Å². The lowest BCUT2D eigenvalue weighted by molar-refractivity contribution is 0.0697. The average Bonchev–Trinajstić information content (AvgIpc) is 3.35. The van der Waals surface area contributed by atoms with Crippen molar-refractivity contribution < 1.29 is 14.6 Å². The van der Waals surface area contributed by atoms with Crippen molar-refractivity contribution in [3.8, 4) is 28.7 Å². The molecule has 3 aromatic carbocycles. The summed E-state index contributed by atoms with van der Waals surface area (Å²) in [4.78, 5) is 19.2. The summed E-state index contributed by atoms with van der Waals surface area (Å²) < 4.78 is 5.73. The molecule has 2 aromatic heterocycles. The van der Waals surface area contributed by atoms with Gasteiger partial charge in [0.25, 0.3) is 0 Å². The van der Waals surface area contributed by atoms with Crippen molar-refractivity contribution >= 4 is 16.9 Å². The molecular weight excluding hydrogens is 424 g/mol. The summed E-state index contributed by atoms with van der Waals surface area (Å²) in [5.74, 6) is 6.08. The number of nitrogens with one attached hydrogen (secondary N) is 1. The minimum atomic E-state index is -0.983. The van der Waals surface area contributed by atoms with Crippen LogP contribution in [0.15, 0.2) is 97.5 Å². The van der Waals surface area contributed by atoms with E-state index in [4.69, 9.17) is 4.74 Å². The maximum Gasteiger partial charge on any atom is 0.336 e. The second kappa shape index (κ2) is 9.35. The van der Waals surface area contributed by atoms with Crippen molar-refractivity contribution in [2.24, 2.45) is 0 Å². The summed E-state index contributed by atoms with van der Waals surface area (Å²) in [7, 11) is 0. The molecule has 0 aliphatic carbocycles. The number of aromatic nitrogens is 2. The second-order valence-electron chi connectivity index (χ2n) is 7.74. The van der Waals surface area contributed by atoms with Crippen LogP contribution >= 0.6 is 0 Å². The van der Waals surface area contributed by atoms with Crippen LogP contribution in [0.3, 0.4) is 0 Å². The molecule has 5 rings (SSSR count). The first kappa shape index (κ1) is 21.0. The Balaban J connectivity index is 1.43. The largest absolute Gasteiger partial charge is 0.487 e. The number of fused-ring (bicyclic) bond motifs is 1. The van der Waals surface area contributed by atoms with Gasteiger partial charge >= 0.3 is 5.97 Å². The van der Waals surface area contributed by atoms with Gasteiger partial charge in [0.05, 0.1) is 11.8 Å². The minimum Gasteiger partial charge on any atom is -0.487 e. The van der Waals surface area contributed by atoms with Gasteiger partial charge in [0, 0.05) is 34.6 Å². The predicted octanol–water partition coefficient (Wildman–Crippen LogP) is 5.91. The minimum absolute atomic E-state index is 0.223. The molecular formula is C29H20N2O3. The van der Waals surface area contributed by atoms with E-state index in [1.165, 1.54) is 0 Å². The lowest BCUT2D eigenvalue weighted by Gasteiger charge is -2.10. The van der Waals surface area contributed by atoms with Crippen molar-refractivity contribution in [2.45, 2.75) is 6.61 Å². The topological polar surface area (TPSA) is 75.2 Å². The lowest BCUT2D eigenvalue weighted by Crippen LogP contribution is -2.01. The van der Waals surface area contributed by atoms with Crippen molar-refractivity contribution in [3.05, 3.63) is 120 Å². The molecule has 0 spiro atoms. The van der Waals surface area contributed by atoms with Gasteiger partial charge in [-0.05, 0) is 65.0 Å². The molecule has 2 heterocycles. The van der Waals surface area contributed by atoms with Gasteiger partial charge < -0.3 is 14.8 Å². The van der Waals surface area contributed by atoms with Crippen molar-refractivity contribution in [3.63, 3.8) is 0 Å². The predicted molar refractivity (Wildman–Crippen MR) is 132 cm³/mol. The van der Waals surface area contributed by atoms with Gasteiger partial charge in [0.1, 0.15) is 12.4 Å². The van der Waals surface area contributed by atoms with Crippen LogP contribution < -0.4 is 4.74 Å². The van der Waals surface area contributed by atoms with E-state index in [1.807, 2.05) is 72.9 Å². The zero-order valence-corrected chi connectivity index (χ0v) is 18.2. The van der Waals surface area contributed by atoms with Crippen LogP contribution in [0.2, 0.25) is 0 Å². The first-order valence-electron chi connectivity index (χ1n) is 10.7. The lowest BCUT2D eigenvalue weighted by atomic mass is 9.93. The van der Waals surface area contributed by atoms with Gasteiger partial charge in [-0.3, -0.25) is 4.98 Å². The molecule has 34 heavy (non-hydrogen) atoms. The number of hydrogen-bond acceptors (Lipinski definition) is 3. The summed E-state index contributed by atoms with van der Waals surface area (Å²) in [5.41, 5.74) is 5.09. The number of pyridine rings is 1. The number of carboxylic acid groups (broad SMARTS) is 1. The van der Waals surface area contributed by atoms with Crippen molar-refractivity contribution in [2.75, 3.05) is 0 Å². The van der Waals surface area contributed by atoms with Crippen LogP contribution in [-0.4, -0.2) is 21.0 Å². The molecule has 5 heteroatoms. The molecule has 0 radical (unpaired) electrons. The van der Waals surface area contributed by atoms with Crippen LogP contribution in [0.4, 0.5) is 0 Å². The number of hydrogen-bond donors (Lipinski definition) is 2. The summed E-state index contributed by atoms with van der Waals surface area (Å²) in [6.07, 6.45) is 5.25. The van der Waals surface area contributed by atoms with E-state index in [2.05, 4.69) is 21.8 Å². The molecule has 0 unspecified atom stereocenters. The Morgan fingerprint density at radius 3 is 2.65 bits per heavy atom. The second-order valence-corrected chi connectivity index (χ2v) is 7.74. The highest BCUT2D eigenvalue weighted by Gasteiger charge is 2.15. The maximum absolute atomic E-state index is 12.0. The molecule has 0 fully saturated rings. The highest BCUT2D eigenvalue weighted by atomic mass is 16.5. The fraction of sp³-hybridized carbons (Fsp3) is 0.0345. The summed E-state index contributed by atoms with van der Waals surface area (Å²) in [6, 6.07) is 24.5. The molecule has 0 amide bonds. The molecule has 0 bridgehead atoms. The molecule has 0 aliphatic heterocycles. The van der Waals surface area contributed by atoms with E-state index < -0.39 is 5.97 Å². The zero-order chi connectivity index (χ0) is 23.3. The molecule has 5 aromatic rings. The van der Waals surface area contributed by atoms with Crippen LogP contribution in [-0.2, 0) is 6.61 Å². The number of ether oxygens (including phenoxy) is 1. The fourth-order valence-electron chi connectivity index (χ4n) is 3.77. The number of aromatic amines is 1. The number of carboxylic acids is 1. The Hall–Kier alpha value is -4.82. The summed E-state index contributed by atoms with van der Waals surface area (Å²) in [6.45, 7) is 0.436. The molecule has 164 valence electrons. The van der Waals surface area contributed by atoms with E-state index in [1.54, 1.807) is 24.5 Å². The van der Waals surface area contributed by atoms with Gasteiger partial charge in [-0.1, -0.05) is 42.2 Å². The Morgan fingerprint density at radius 2 is 1.85 bits per heavy atom. The number of benzene rings is 3. The Morgan fingerprint density at radius 1 is 0.971 bits per heavy atom. The molecule has 0 atom stereocenters. The van der Waals surface area contributed by atoms with Gasteiger partial charge in [-0.25, -0.2) is 4.79 Å². The third-order valence-electron chi connectivity index (χ3n) is 5.47. The van der Waals surface area contributed by atoms with Gasteiger partial charge in [0.15, 0.2) is 0 Å². The molecule has 2 N–H and O–H groups in total. The Kier molecular flexibility index (Phi) is 5.79. The quantitative estimate of drug-likeness (QED) is 0.331. The first-order chi connectivity index (χ1) is 16.7. The number of nitrogens with zero attached hydrogens (tertiary/aromatic N) is 1. The highest BCUT2D eigenvalue weighted by molar-refractivity contribution is 5.99. The van der Waals surface area contributed by atoms with Gasteiger partial charge in [-0.15, -0.1) is 0 Å². The molecule has 5 nitrogen and oxygen atoms in total. The van der Waals surface area contributed by atoms with E-state index in [0.717, 1.165) is 33.3 Å². The normalized spacial score (nSPS) is 10.5. The van der Waals surface area contributed by atoms with E-state index in [-0.39, 0.29) is 5.56 Å². The van der Waals surface area contributed by atoms with Gasteiger partial charge in [-0.2, -0.15) is 0 Å². The third kappa shape index (κ3) is 4.52. The Bertz CT molecular complexity index is 1530. The van der Waals surface area contributed by atoms with Crippen LogP contribution in [0.5, 0.6) is 5.75 Å². The number of aromatic carboxylic acids is 1. The number of rotatable bonds is 5. The van der Waals surface area contributed by atoms with E-state index in [0.29, 0.717) is 17.7 Å². The molecule has 0 aliphatic rings. The summed E-state index contributed by atoms with van der Waals surface area (Å²) in [5, 5.41) is 10.9. The van der Waals surface area contributed by atoms with E-state index in [9.17, 15) is 9.90 Å². The monoisotopic (exact) mass is 444 g/mol. The average molecular weight is 444 g/mol.